The van der Waals surface area contributed by atoms with Gasteiger partial charge in [0, 0.05) is 22.7 Å². The quantitative estimate of drug-likeness (QED) is 0.222. The smallest absolute Gasteiger partial charge is 0.311 e. The number of amidine groups is 1. The molecule has 4 aromatic rings. The number of nitrogens with zero attached hydrogens (tertiary/aromatic N) is 4. The molecule has 44 heavy (non-hydrogen) atoms. The minimum absolute atomic E-state index is 0.0432. The normalized spacial score (nSPS) is 13.9. The van der Waals surface area contributed by atoms with Crippen molar-refractivity contribution in [3.8, 4) is 0 Å². The van der Waals surface area contributed by atoms with E-state index in [0.717, 1.165) is 33.6 Å². The summed E-state index contributed by atoms with van der Waals surface area (Å²) in [5.74, 6) is 0.128. The van der Waals surface area contributed by atoms with Gasteiger partial charge in [0.15, 0.2) is 5.82 Å². The number of aryl methyl sites for hydroxylation is 2. The van der Waals surface area contributed by atoms with Crippen LogP contribution in [0.4, 0.5) is 24.7 Å². The number of hydrogen-bond donors (Lipinski definition) is 1. The van der Waals surface area contributed by atoms with Crippen LogP contribution in [0.25, 0.3) is 10.8 Å². The van der Waals surface area contributed by atoms with Gasteiger partial charge in [0.25, 0.3) is 20.0 Å². The van der Waals surface area contributed by atoms with Crippen molar-refractivity contribution in [1.29, 1.82) is 0 Å². The second-order valence-corrected chi connectivity index (χ2v) is 14.5. The van der Waals surface area contributed by atoms with Crippen molar-refractivity contribution < 1.29 is 30.0 Å². The lowest BCUT2D eigenvalue weighted by Crippen LogP contribution is -2.40. The highest BCUT2D eigenvalue weighted by Gasteiger charge is 2.39. The van der Waals surface area contributed by atoms with Gasteiger partial charge in [-0.3, -0.25) is 4.31 Å². The summed E-state index contributed by atoms with van der Waals surface area (Å²) in [6.07, 6.45) is -3.96. The van der Waals surface area contributed by atoms with E-state index >= 15 is 0 Å². The standard InChI is InChI=1S/C29H26F3N5O4S3/c1-19-8-12-22(13-9-19)43(38,39)36(17-27-34-21(3)42-35-27)28-25-7-5-4-6-24(25)26(16-33-28)37(18-29(30,31)32)44(40,41)23-14-10-20(2)11-15-23/h4-16H,3,17-18H2,1-2H3,(H,34,35). The number of halogens is 3. The largest absolute Gasteiger partial charge is 0.407 e. The molecule has 1 N–H and O–H groups in total. The minimum Gasteiger partial charge on any atom is -0.311 e. The number of aliphatic imine (C=N–C) groups is 1. The molecule has 230 valence electrons. The fraction of sp³-hybridized carbons (Fsp3) is 0.172. The monoisotopic (exact) mass is 661 g/mol. The molecular weight excluding hydrogens is 636 g/mol. The number of fused-ring (bicyclic) bond motifs is 1. The first kappa shape index (κ1) is 31.3. The average molecular weight is 662 g/mol. The lowest BCUT2D eigenvalue weighted by molar-refractivity contribution is -0.117. The van der Waals surface area contributed by atoms with Gasteiger partial charge in [-0.15, -0.1) is 0 Å². The van der Waals surface area contributed by atoms with Crippen LogP contribution in [-0.4, -0.2) is 46.9 Å². The summed E-state index contributed by atoms with van der Waals surface area (Å²) in [4.78, 5) is 8.16. The van der Waals surface area contributed by atoms with Crippen LogP contribution < -0.4 is 13.3 Å². The van der Waals surface area contributed by atoms with Crippen molar-refractivity contribution in [3.05, 3.63) is 102 Å². The average Bonchev–Trinajstić information content (AvgIpc) is 3.39. The SMILES string of the molecule is C=C1N=C(CN(c2ncc(N(CC(F)(F)F)S(=O)(=O)c3ccc(C)cc3)c3ccccc23)S(=O)(=O)c2ccc(C)cc2)NS1. The van der Waals surface area contributed by atoms with Gasteiger partial charge in [0.2, 0.25) is 0 Å². The lowest BCUT2D eigenvalue weighted by Gasteiger charge is -2.29. The number of hydrogen-bond acceptors (Lipinski definition) is 8. The number of sulfonamides is 2. The molecule has 15 heteroatoms. The molecule has 2 heterocycles. The molecule has 0 spiro atoms. The Balaban J connectivity index is 1.72. The maximum absolute atomic E-state index is 14.1. The predicted molar refractivity (Wildman–Crippen MR) is 167 cm³/mol. The predicted octanol–water partition coefficient (Wildman–Crippen LogP) is 5.93. The molecule has 9 nitrogen and oxygen atoms in total. The number of benzene rings is 3. The van der Waals surface area contributed by atoms with Crippen molar-refractivity contribution in [2.45, 2.75) is 29.8 Å². The Kier molecular flexibility index (Phi) is 8.39. The first-order valence-electron chi connectivity index (χ1n) is 13.0. The Hall–Kier alpha value is -4.08. The highest BCUT2D eigenvalue weighted by atomic mass is 32.2. The highest BCUT2D eigenvalue weighted by Crippen LogP contribution is 2.38. The maximum Gasteiger partial charge on any atom is 0.407 e. The molecule has 3 aromatic carbocycles. The van der Waals surface area contributed by atoms with Crippen molar-refractivity contribution in [2.24, 2.45) is 4.99 Å². The van der Waals surface area contributed by atoms with Crippen molar-refractivity contribution in [1.82, 2.24) is 9.71 Å². The van der Waals surface area contributed by atoms with E-state index in [-0.39, 0.29) is 48.8 Å². The number of aromatic nitrogens is 1. The third-order valence-corrected chi connectivity index (χ3v) is 10.8. The zero-order valence-corrected chi connectivity index (χ0v) is 25.9. The number of nitrogens with one attached hydrogen (secondary N) is 1. The van der Waals surface area contributed by atoms with Crippen LogP contribution in [0.15, 0.2) is 105 Å². The summed E-state index contributed by atoms with van der Waals surface area (Å²) in [6.45, 7) is 5.13. The van der Waals surface area contributed by atoms with E-state index in [1.165, 1.54) is 54.6 Å². The third kappa shape index (κ3) is 6.39. The van der Waals surface area contributed by atoms with Crippen LogP contribution in [0.5, 0.6) is 0 Å². The summed E-state index contributed by atoms with van der Waals surface area (Å²) in [5.41, 5.74) is 1.19. The van der Waals surface area contributed by atoms with Gasteiger partial charge in [-0.2, -0.15) is 13.2 Å². The molecule has 0 fully saturated rings. The van der Waals surface area contributed by atoms with Crippen LogP contribution >= 0.6 is 11.9 Å². The van der Waals surface area contributed by atoms with Gasteiger partial charge in [0.05, 0.1) is 28.2 Å². The van der Waals surface area contributed by atoms with Crippen molar-refractivity contribution >= 4 is 60.1 Å². The maximum atomic E-state index is 14.1. The molecule has 1 aliphatic rings. The fourth-order valence-corrected chi connectivity index (χ4v) is 7.85. The Morgan fingerprint density at radius 1 is 0.818 bits per heavy atom. The molecule has 0 saturated heterocycles. The van der Waals surface area contributed by atoms with Crippen LogP contribution in [0.3, 0.4) is 0 Å². The summed E-state index contributed by atoms with van der Waals surface area (Å²) in [5, 5.41) is 0.559. The second kappa shape index (κ2) is 11.8. The molecule has 0 aliphatic carbocycles. The van der Waals surface area contributed by atoms with E-state index in [9.17, 15) is 30.0 Å². The van der Waals surface area contributed by atoms with Gasteiger partial charge in [-0.1, -0.05) is 66.2 Å². The van der Waals surface area contributed by atoms with Gasteiger partial charge in [-0.25, -0.2) is 31.1 Å². The van der Waals surface area contributed by atoms with Crippen LogP contribution in [0.2, 0.25) is 0 Å². The molecule has 1 aliphatic heterocycles. The fourth-order valence-electron chi connectivity index (χ4n) is 4.49. The Morgan fingerprint density at radius 2 is 1.34 bits per heavy atom. The third-order valence-electron chi connectivity index (χ3n) is 6.64. The Bertz CT molecular complexity index is 1980. The van der Waals surface area contributed by atoms with E-state index < -0.39 is 32.8 Å². The van der Waals surface area contributed by atoms with Gasteiger partial charge in [-0.05, 0) is 38.1 Å². The molecule has 0 radical (unpaired) electrons. The van der Waals surface area contributed by atoms with E-state index in [2.05, 4.69) is 21.3 Å². The summed E-state index contributed by atoms with van der Waals surface area (Å²) >= 11 is 1.10. The summed E-state index contributed by atoms with van der Waals surface area (Å²) < 4.78 is 101. The van der Waals surface area contributed by atoms with E-state index in [0.29, 0.717) is 5.03 Å². The topological polar surface area (TPSA) is 112 Å². The van der Waals surface area contributed by atoms with Gasteiger partial charge < -0.3 is 4.72 Å². The van der Waals surface area contributed by atoms with Crippen molar-refractivity contribution in [2.75, 3.05) is 21.7 Å². The molecule has 5 rings (SSSR count). The van der Waals surface area contributed by atoms with E-state index in [1.807, 2.05) is 0 Å². The molecule has 0 saturated carbocycles. The van der Waals surface area contributed by atoms with E-state index in [4.69, 9.17) is 0 Å². The van der Waals surface area contributed by atoms with E-state index in [1.54, 1.807) is 32.0 Å². The van der Waals surface area contributed by atoms with Crippen LogP contribution in [0, 0.1) is 13.8 Å². The zero-order chi connectivity index (χ0) is 31.9. The molecule has 1 aromatic heterocycles. The molecule has 0 amide bonds. The first-order valence-corrected chi connectivity index (χ1v) is 16.7. The second-order valence-electron chi connectivity index (χ2n) is 9.93. The van der Waals surface area contributed by atoms with Gasteiger partial charge >= 0.3 is 6.18 Å². The summed E-state index contributed by atoms with van der Waals surface area (Å²) in [7, 11) is -9.03. The van der Waals surface area contributed by atoms with Crippen molar-refractivity contribution in [3.63, 3.8) is 0 Å². The number of anilines is 2. The van der Waals surface area contributed by atoms with Crippen LogP contribution in [-0.2, 0) is 20.0 Å². The van der Waals surface area contributed by atoms with Crippen LogP contribution in [0.1, 0.15) is 11.1 Å². The zero-order valence-electron chi connectivity index (χ0n) is 23.4. The lowest BCUT2D eigenvalue weighted by atomic mass is 10.1. The number of pyridine rings is 1. The highest BCUT2D eigenvalue weighted by molar-refractivity contribution is 8.02. The molecule has 0 unspecified atom stereocenters. The summed E-state index contributed by atoms with van der Waals surface area (Å²) in [6, 6.07) is 17.5. The first-order chi connectivity index (χ1) is 20.7. The Labute approximate surface area is 257 Å². The van der Waals surface area contributed by atoms with Gasteiger partial charge in [0.1, 0.15) is 17.4 Å². The molecule has 0 bridgehead atoms. The molecular formula is C29H26F3N5O4S3. The molecule has 0 atom stereocenters. The number of alkyl halides is 3. The number of rotatable bonds is 9. The Morgan fingerprint density at radius 3 is 1.84 bits per heavy atom. The minimum atomic E-state index is -4.91.